The number of non-ortho nitro benzene ring substituents is 1. The van der Waals surface area contributed by atoms with Gasteiger partial charge in [0.25, 0.3) is 5.69 Å². The number of halogens is 1. The lowest BCUT2D eigenvalue weighted by Crippen LogP contribution is -2.60. The van der Waals surface area contributed by atoms with Crippen molar-refractivity contribution in [1.82, 2.24) is 0 Å². The first-order valence-corrected chi connectivity index (χ1v) is 7.43. The van der Waals surface area contributed by atoms with Gasteiger partial charge in [0.05, 0.1) is 17.6 Å². The van der Waals surface area contributed by atoms with Gasteiger partial charge in [-0.25, -0.2) is 9.18 Å². The summed E-state index contributed by atoms with van der Waals surface area (Å²) in [4.78, 5) is 32.8. The topological polar surface area (TPSA) is 153 Å². The first-order chi connectivity index (χ1) is 11.6. The van der Waals surface area contributed by atoms with Gasteiger partial charge in [-0.3, -0.25) is 14.9 Å². The van der Waals surface area contributed by atoms with Gasteiger partial charge in [0.1, 0.15) is 5.54 Å². The number of carbonyl (C=O) groups is 2. The average molecular weight is 354 g/mol. The van der Waals surface area contributed by atoms with Crippen molar-refractivity contribution in [2.75, 3.05) is 0 Å². The van der Waals surface area contributed by atoms with Crippen molar-refractivity contribution in [1.29, 1.82) is 0 Å². The van der Waals surface area contributed by atoms with E-state index in [9.17, 15) is 29.2 Å². The first-order valence-electron chi connectivity index (χ1n) is 7.43. The largest absolute Gasteiger partial charge is 0.480 e. The Hall–Kier alpha value is -2.59. The predicted octanol–water partition coefficient (Wildman–Crippen LogP) is 0.705. The van der Waals surface area contributed by atoms with Gasteiger partial charge >= 0.3 is 11.9 Å². The van der Waals surface area contributed by atoms with Crippen molar-refractivity contribution < 1.29 is 33.9 Å². The molecule has 9 nitrogen and oxygen atoms in total. The number of nitro groups is 1. The minimum atomic E-state index is -2.65. The number of aliphatic carboxylic acids is 2. The Labute approximate surface area is 140 Å². The molecule has 3 rings (SSSR count). The number of rotatable bonds is 6. The van der Waals surface area contributed by atoms with Crippen molar-refractivity contribution >= 4 is 17.6 Å². The highest BCUT2D eigenvalue weighted by Crippen LogP contribution is 2.67. The van der Waals surface area contributed by atoms with Crippen molar-refractivity contribution in [2.45, 2.75) is 30.3 Å². The highest BCUT2D eigenvalue weighted by atomic mass is 19.1. The molecule has 4 N–H and O–H groups in total. The molecule has 0 amide bonds. The summed E-state index contributed by atoms with van der Waals surface area (Å²) < 4.78 is 19.9. The standard InChI is InChI=1S/C15H15FN2O7/c16-14(12(19)20)9-5-10(15(17,11(9)14)13(21)22)25-6-7-2-1-3-8(4-7)18(23)24/h1-4,9-11H,5-6,17H2,(H,19,20)(H,21,22)/t9?,10?,11?,14-,15+/m1/s1. The van der Waals surface area contributed by atoms with Crippen molar-refractivity contribution in [2.24, 2.45) is 17.6 Å². The van der Waals surface area contributed by atoms with E-state index in [1.54, 1.807) is 6.07 Å². The second kappa shape index (κ2) is 5.46. The molecule has 25 heavy (non-hydrogen) atoms. The van der Waals surface area contributed by atoms with Crippen molar-refractivity contribution in [3.8, 4) is 0 Å². The number of fused-ring (bicyclic) bond motifs is 1. The van der Waals surface area contributed by atoms with Crippen LogP contribution in [0.5, 0.6) is 0 Å². The van der Waals surface area contributed by atoms with Crippen LogP contribution in [0.1, 0.15) is 12.0 Å². The van der Waals surface area contributed by atoms with Gasteiger partial charge in [0, 0.05) is 24.0 Å². The molecule has 2 saturated carbocycles. The molecule has 2 aliphatic carbocycles. The second-order valence-electron chi connectivity index (χ2n) is 6.36. The summed E-state index contributed by atoms with van der Waals surface area (Å²) in [6, 6.07) is 5.57. The fourth-order valence-corrected chi connectivity index (χ4v) is 3.76. The molecular weight excluding hydrogens is 339 g/mol. The molecule has 1 aromatic rings. The highest BCUT2D eigenvalue weighted by Gasteiger charge is 2.85. The van der Waals surface area contributed by atoms with Gasteiger partial charge < -0.3 is 20.7 Å². The molecular formula is C15H15FN2O7. The number of carboxylic acids is 2. The van der Waals surface area contributed by atoms with E-state index >= 15 is 0 Å². The van der Waals surface area contributed by atoms with Crippen LogP contribution >= 0.6 is 0 Å². The number of alkyl halides is 1. The molecule has 1 aromatic carbocycles. The Kier molecular flexibility index (Phi) is 3.77. The van der Waals surface area contributed by atoms with E-state index in [0.29, 0.717) is 5.56 Å². The van der Waals surface area contributed by atoms with E-state index in [0.717, 1.165) is 0 Å². The van der Waals surface area contributed by atoms with E-state index < -0.39 is 46.0 Å². The molecule has 0 aliphatic heterocycles. The van der Waals surface area contributed by atoms with Gasteiger partial charge in [0.2, 0.25) is 5.67 Å². The SMILES string of the molecule is N[C@@]1(C(=O)O)C(OCc2cccc([N+](=O)[O-])c2)CC2C1[C@@]2(F)C(=O)O. The number of nitrogens with zero attached hydrogens (tertiary/aromatic N) is 1. The minimum Gasteiger partial charge on any atom is -0.480 e. The zero-order valence-corrected chi connectivity index (χ0v) is 12.8. The van der Waals surface area contributed by atoms with E-state index in [4.69, 9.17) is 15.6 Å². The summed E-state index contributed by atoms with van der Waals surface area (Å²) in [6.07, 6.45) is -1.24. The molecule has 0 spiro atoms. The smallest absolute Gasteiger partial charge is 0.342 e. The third-order valence-corrected chi connectivity index (χ3v) is 5.07. The van der Waals surface area contributed by atoms with Crippen LogP contribution < -0.4 is 5.73 Å². The first kappa shape index (κ1) is 17.2. The van der Waals surface area contributed by atoms with Gasteiger partial charge in [0.15, 0.2) is 0 Å². The third kappa shape index (κ3) is 2.36. The van der Waals surface area contributed by atoms with Gasteiger partial charge in [-0.2, -0.15) is 0 Å². The molecule has 0 bridgehead atoms. The van der Waals surface area contributed by atoms with Crippen molar-refractivity contribution in [3.05, 3.63) is 39.9 Å². The van der Waals surface area contributed by atoms with Gasteiger partial charge in [-0.15, -0.1) is 0 Å². The van der Waals surface area contributed by atoms with E-state index in [1.807, 2.05) is 0 Å². The van der Waals surface area contributed by atoms with Gasteiger partial charge in [-0.05, 0) is 12.0 Å². The Morgan fingerprint density at radius 1 is 1.40 bits per heavy atom. The maximum atomic E-state index is 14.4. The van der Waals surface area contributed by atoms with Crippen LogP contribution in [-0.2, 0) is 20.9 Å². The summed E-state index contributed by atoms with van der Waals surface area (Å²) in [7, 11) is 0. The van der Waals surface area contributed by atoms with E-state index in [-0.39, 0.29) is 18.7 Å². The van der Waals surface area contributed by atoms with Crippen LogP contribution in [0.15, 0.2) is 24.3 Å². The monoisotopic (exact) mass is 354 g/mol. The summed E-state index contributed by atoms with van der Waals surface area (Å²) >= 11 is 0. The summed E-state index contributed by atoms with van der Waals surface area (Å²) in [5, 5.41) is 29.2. The van der Waals surface area contributed by atoms with Gasteiger partial charge in [-0.1, -0.05) is 12.1 Å². The van der Waals surface area contributed by atoms with Crippen LogP contribution in [0.4, 0.5) is 10.1 Å². The number of carboxylic acid groups (broad SMARTS) is 2. The minimum absolute atomic E-state index is 0.148. The van der Waals surface area contributed by atoms with Crippen LogP contribution in [-0.4, -0.2) is 44.4 Å². The molecule has 0 aromatic heterocycles. The zero-order valence-electron chi connectivity index (χ0n) is 12.8. The molecule has 134 valence electrons. The number of hydrogen-bond acceptors (Lipinski definition) is 6. The molecule has 3 unspecified atom stereocenters. The quantitative estimate of drug-likeness (QED) is 0.498. The summed E-state index contributed by atoms with van der Waals surface area (Å²) in [6.45, 7) is -0.162. The predicted molar refractivity (Wildman–Crippen MR) is 79.3 cm³/mol. The number of nitro benzene ring substituents is 1. The molecule has 10 heteroatoms. The maximum absolute atomic E-state index is 14.4. The van der Waals surface area contributed by atoms with Crippen LogP contribution in [0.25, 0.3) is 0 Å². The number of nitrogens with two attached hydrogens (primary N) is 1. The Morgan fingerprint density at radius 2 is 2.08 bits per heavy atom. The molecule has 2 fully saturated rings. The van der Waals surface area contributed by atoms with Crippen LogP contribution in [0.3, 0.4) is 0 Å². The second-order valence-corrected chi connectivity index (χ2v) is 6.36. The fourth-order valence-electron chi connectivity index (χ4n) is 3.76. The van der Waals surface area contributed by atoms with Crippen molar-refractivity contribution in [3.63, 3.8) is 0 Å². The number of ether oxygens (including phenoxy) is 1. The normalized spacial score (nSPS) is 35.8. The molecule has 0 saturated heterocycles. The van der Waals surface area contributed by atoms with Crippen LogP contribution in [0, 0.1) is 22.0 Å². The molecule has 0 heterocycles. The third-order valence-electron chi connectivity index (χ3n) is 5.07. The average Bonchev–Trinajstić information content (AvgIpc) is 3.02. The zero-order chi connectivity index (χ0) is 18.6. The van der Waals surface area contributed by atoms with E-state index in [2.05, 4.69) is 0 Å². The lowest BCUT2D eigenvalue weighted by molar-refractivity contribution is -0.385. The fraction of sp³-hybridized carbons (Fsp3) is 0.467. The molecule has 5 atom stereocenters. The molecule has 0 radical (unpaired) electrons. The number of hydrogen-bond donors (Lipinski definition) is 3. The molecule has 2 aliphatic rings. The van der Waals surface area contributed by atoms with Crippen LogP contribution in [0.2, 0.25) is 0 Å². The lowest BCUT2D eigenvalue weighted by atomic mass is 9.88. The highest BCUT2D eigenvalue weighted by molar-refractivity contribution is 5.90. The Morgan fingerprint density at radius 3 is 2.64 bits per heavy atom. The Bertz CT molecular complexity index is 772. The van der Waals surface area contributed by atoms with E-state index in [1.165, 1.54) is 18.2 Å². The Balaban J connectivity index is 1.76. The number of benzene rings is 1. The lowest BCUT2D eigenvalue weighted by Gasteiger charge is -2.31. The summed E-state index contributed by atoms with van der Waals surface area (Å²) in [5.41, 5.74) is 1.30. The summed E-state index contributed by atoms with van der Waals surface area (Å²) in [5.74, 6) is -5.66. The maximum Gasteiger partial charge on any atom is 0.342 e.